The van der Waals surface area contributed by atoms with E-state index in [1.54, 1.807) is 6.92 Å². The summed E-state index contributed by atoms with van der Waals surface area (Å²) in [4.78, 5) is 48.5. The molecular weight excluding hydrogens is 568 g/mol. The smallest absolute Gasteiger partial charge is 0.257 e. The Morgan fingerprint density at radius 1 is 0.977 bits per heavy atom. The number of aldehydes is 1. The van der Waals surface area contributed by atoms with E-state index in [2.05, 4.69) is 46.4 Å². The number of para-hydroxylation sites is 1. The molecule has 1 N–H and O–H groups in total. The number of fused-ring (bicyclic) bond motifs is 2. The zero-order chi connectivity index (χ0) is 30.6. The highest BCUT2D eigenvalue weighted by Crippen LogP contribution is 2.32. The number of aromatic nitrogens is 2. The third kappa shape index (κ3) is 6.17. The van der Waals surface area contributed by atoms with E-state index in [4.69, 9.17) is 4.98 Å². The fraction of sp³-hybridized carbons (Fsp3) is 0.250. The van der Waals surface area contributed by atoms with Crippen molar-refractivity contribution in [3.8, 4) is 11.1 Å². The molecule has 3 heterocycles. The van der Waals surface area contributed by atoms with Gasteiger partial charge >= 0.3 is 0 Å². The maximum atomic E-state index is 13.5. The van der Waals surface area contributed by atoms with Gasteiger partial charge < -0.3 is 9.69 Å². The van der Waals surface area contributed by atoms with Gasteiger partial charge in [0.1, 0.15) is 17.8 Å². The Labute approximate surface area is 261 Å². The molecular formula is C36H34N4O3S. The van der Waals surface area contributed by atoms with E-state index in [1.807, 2.05) is 48.5 Å². The lowest BCUT2D eigenvalue weighted by atomic mass is 9.93. The number of nitrogens with zero attached hydrogens (tertiary/aromatic N) is 3. The summed E-state index contributed by atoms with van der Waals surface area (Å²) in [5, 5.41) is 3.58. The second kappa shape index (κ2) is 12.9. The molecule has 5 aromatic rings. The van der Waals surface area contributed by atoms with Gasteiger partial charge in [-0.05, 0) is 90.8 Å². The van der Waals surface area contributed by atoms with Crippen molar-refractivity contribution in [2.24, 2.45) is 0 Å². The van der Waals surface area contributed by atoms with Gasteiger partial charge in [-0.3, -0.25) is 14.9 Å². The largest absolute Gasteiger partial charge is 0.352 e. The first kappa shape index (κ1) is 29.4. The van der Waals surface area contributed by atoms with Gasteiger partial charge in [0, 0.05) is 37.6 Å². The molecule has 2 aromatic heterocycles. The summed E-state index contributed by atoms with van der Waals surface area (Å²) < 4.78 is 1.03. The average Bonchev–Trinajstić information content (AvgIpc) is 3.44. The first-order valence-corrected chi connectivity index (χ1v) is 15.8. The van der Waals surface area contributed by atoms with Gasteiger partial charge in [0.05, 0.1) is 10.2 Å². The Kier molecular flexibility index (Phi) is 8.61. The van der Waals surface area contributed by atoms with Gasteiger partial charge in [-0.2, -0.15) is 0 Å². The SMILES string of the molecule is CC(=O)c1nc(N2CCc3cccc(C(=O)Nc4nc5ccccc5s4)c3C2)ccc1-c1ccc(CCCCC=O)cc1C. The van der Waals surface area contributed by atoms with Crippen LogP contribution in [-0.4, -0.2) is 34.5 Å². The standard InChI is InChI=1S/C36H34N4O3S/c1-23-21-25(9-4-3-7-20-41)14-15-27(23)28-16-17-33(38-34(28)24(2)42)40-19-18-26-10-8-11-29(30(26)22-40)35(43)39-36-37-31-12-5-6-13-32(31)44-36/h5-6,8,10-17,20-21H,3-4,7,9,18-19,22H2,1-2H3,(H,37,39,43). The van der Waals surface area contributed by atoms with Crippen molar-refractivity contribution in [3.63, 3.8) is 0 Å². The third-order valence-corrected chi connectivity index (χ3v) is 9.14. The van der Waals surface area contributed by atoms with Crippen LogP contribution >= 0.6 is 11.3 Å². The minimum atomic E-state index is -0.182. The number of Topliss-reactive ketones (excluding diaryl/α,β-unsaturated/α-hetero) is 1. The Morgan fingerprint density at radius 3 is 2.61 bits per heavy atom. The number of ketones is 1. The molecule has 3 aromatic carbocycles. The van der Waals surface area contributed by atoms with Crippen LogP contribution in [0.3, 0.4) is 0 Å². The first-order chi connectivity index (χ1) is 21.4. The minimum absolute atomic E-state index is 0.0903. The van der Waals surface area contributed by atoms with Crippen LogP contribution in [0.1, 0.15) is 69.3 Å². The van der Waals surface area contributed by atoms with Crippen molar-refractivity contribution >= 4 is 50.5 Å². The second-order valence-electron chi connectivity index (χ2n) is 11.2. The number of nitrogens with one attached hydrogen (secondary N) is 1. The Hall–Kier alpha value is -4.69. The molecule has 1 amide bonds. The van der Waals surface area contributed by atoms with E-state index >= 15 is 0 Å². The van der Waals surface area contributed by atoms with Crippen molar-refractivity contribution in [2.45, 2.75) is 52.5 Å². The Balaban J connectivity index is 1.24. The summed E-state index contributed by atoms with van der Waals surface area (Å²) >= 11 is 1.46. The van der Waals surface area contributed by atoms with E-state index in [-0.39, 0.29) is 11.7 Å². The highest BCUT2D eigenvalue weighted by molar-refractivity contribution is 7.22. The number of amides is 1. The summed E-state index contributed by atoms with van der Waals surface area (Å²) in [6.45, 7) is 4.87. The number of aryl methyl sites for hydroxylation is 2. The average molecular weight is 603 g/mol. The van der Waals surface area contributed by atoms with Gasteiger partial charge in [0.25, 0.3) is 5.91 Å². The molecule has 0 aliphatic carbocycles. The number of thiazole rings is 1. The highest BCUT2D eigenvalue weighted by Gasteiger charge is 2.25. The van der Waals surface area contributed by atoms with Gasteiger partial charge in [0.2, 0.25) is 0 Å². The highest BCUT2D eigenvalue weighted by atomic mass is 32.1. The number of carbonyl (C=O) groups is 3. The monoisotopic (exact) mass is 602 g/mol. The summed E-state index contributed by atoms with van der Waals surface area (Å²) in [5.74, 6) is 0.445. The van der Waals surface area contributed by atoms with Crippen LogP contribution in [0, 0.1) is 6.92 Å². The fourth-order valence-electron chi connectivity index (χ4n) is 5.93. The molecule has 0 spiro atoms. The fourth-order valence-corrected chi connectivity index (χ4v) is 6.79. The number of benzene rings is 3. The van der Waals surface area contributed by atoms with Crippen LogP contribution in [0.25, 0.3) is 21.3 Å². The van der Waals surface area contributed by atoms with Crippen LogP contribution in [0.15, 0.2) is 72.8 Å². The summed E-state index contributed by atoms with van der Waals surface area (Å²) in [5.41, 5.74) is 8.15. The van der Waals surface area contributed by atoms with Gasteiger partial charge in [-0.25, -0.2) is 9.97 Å². The lowest BCUT2D eigenvalue weighted by Gasteiger charge is -2.31. The van der Waals surface area contributed by atoms with Crippen LogP contribution in [0.2, 0.25) is 0 Å². The number of unbranched alkanes of at least 4 members (excludes halogenated alkanes) is 2. The molecule has 7 nitrogen and oxygen atoms in total. The van der Waals surface area contributed by atoms with Crippen LogP contribution in [0.5, 0.6) is 0 Å². The maximum Gasteiger partial charge on any atom is 0.257 e. The zero-order valence-electron chi connectivity index (χ0n) is 24.9. The number of anilines is 2. The van der Waals surface area contributed by atoms with Crippen LogP contribution in [0.4, 0.5) is 10.9 Å². The molecule has 0 unspecified atom stereocenters. The number of rotatable bonds is 10. The molecule has 0 saturated heterocycles. The quantitative estimate of drug-likeness (QED) is 0.101. The normalized spacial score (nSPS) is 12.6. The topological polar surface area (TPSA) is 92.3 Å². The van der Waals surface area contributed by atoms with Gasteiger partial charge in [0.15, 0.2) is 10.9 Å². The number of hydrogen-bond acceptors (Lipinski definition) is 7. The van der Waals surface area contributed by atoms with E-state index < -0.39 is 0 Å². The molecule has 0 radical (unpaired) electrons. The summed E-state index contributed by atoms with van der Waals surface area (Å²) in [6, 6.07) is 24.0. The molecule has 0 atom stereocenters. The van der Waals surface area contributed by atoms with E-state index in [0.717, 1.165) is 82.4 Å². The van der Waals surface area contributed by atoms with Gasteiger partial charge in [-0.15, -0.1) is 0 Å². The minimum Gasteiger partial charge on any atom is -0.352 e. The lowest BCUT2D eigenvalue weighted by Crippen LogP contribution is -2.33. The maximum absolute atomic E-state index is 13.5. The predicted molar refractivity (Wildman–Crippen MR) is 177 cm³/mol. The van der Waals surface area contributed by atoms with E-state index in [9.17, 15) is 14.4 Å². The first-order valence-electron chi connectivity index (χ1n) is 15.0. The molecule has 1 aliphatic rings. The van der Waals surface area contributed by atoms with Crippen molar-refractivity contribution in [2.75, 3.05) is 16.8 Å². The van der Waals surface area contributed by atoms with Crippen molar-refractivity contribution in [1.29, 1.82) is 0 Å². The predicted octanol–water partition coefficient (Wildman–Crippen LogP) is 7.60. The lowest BCUT2D eigenvalue weighted by molar-refractivity contribution is -0.107. The molecule has 0 saturated carbocycles. The van der Waals surface area contributed by atoms with Gasteiger partial charge in [-0.1, -0.05) is 53.8 Å². The Morgan fingerprint density at radius 2 is 1.82 bits per heavy atom. The second-order valence-corrected chi connectivity index (χ2v) is 12.3. The van der Waals surface area contributed by atoms with Crippen molar-refractivity contribution < 1.29 is 14.4 Å². The van der Waals surface area contributed by atoms with Crippen molar-refractivity contribution in [3.05, 3.63) is 106 Å². The molecule has 0 bridgehead atoms. The summed E-state index contributed by atoms with van der Waals surface area (Å²) in [6.07, 6.45) is 5.11. The van der Waals surface area contributed by atoms with Crippen LogP contribution < -0.4 is 10.2 Å². The number of hydrogen-bond donors (Lipinski definition) is 1. The van der Waals surface area contributed by atoms with Crippen LogP contribution in [-0.2, 0) is 24.2 Å². The molecule has 44 heavy (non-hydrogen) atoms. The molecule has 222 valence electrons. The molecule has 6 rings (SSSR count). The van der Waals surface area contributed by atoms with Crippen molar-refractivity contribution in [1.82, 2.24) is 9.97 Å². The molecule has 0 fully saturated rings. The Bertz CT molecular complexity index is 1850. The molecule has 8 heteroatoms. The summed E-state index contributed by atoms with van der Waals surface area (Å²) in [7, 11) is 0. The van der Waals surface area contributed by atoms with E-state index in [0.29, 0.717) is 29.4 Å². The third-order valence-electron chi connectivity index (χ3n) is 8.19. The van der Waals surface area contributed by atoms with E-state index in [1.165, 1.54) is 16.9 Å². The number of carbonyl (C=O) groups excluding carboxylic acids is 3. The molecule has 1 aliphatic heterocycles. The number of pyridine rings is 1. The zero-order valence-corrected chi connectivity index (χ0v) is 25.7.